The van der Waals surface area contributed by atoms with Crippen molar-refractivity contribution in [3.8, 4) is 0 Å². The van der Waals surface area contributed by atoms with Crippen molar-refractivity contribution in [3.63, 3.8) is 0 Å². The Balaban J connectivity index is 1.86. The molecule has 0 heterocycles. The Bertz CT molecular complexity index is 1890. The first-order valence-corrected chi connectivity index (χ1v) is 22.7. The van der Waals surface area contributed by atoms with Crippen molar-refractivity contribution < 1.29 is 57.7 Å². The number of unbranched alkanes of at least 4 members (excludes halogenated alkanes) is 4. The third kappa shape index (κ3) is 25.5. The van der Waals surface area contributed by atoms with Gasteiger partial charge in [-0.25, -0.2) is 19.2 Å². The maximum atomic E-state index is 13.4. The molecule has 17 heteroatoms. The van der Waals surface area contributed by atoms with Crippen molar-refractivity contribution >= 4 is 47.6 Å². The second kappa shape index (κ2) is 27.5. The first kappa shape index (κ1) is 56.1. The molecule has 2 aromatic carbocycles. The van der Waals surface area contributed by atoms with E-state index in [2.05, 4.69) is 26.6 Å². The molecule has 0 saturated heterocycles. The molecule has 5 amide bonds. The number of ether oxygens (including phenoxy) is 3. The number of hydrogen-bond acceptors (Lipinski definition) is 11. The van der Waals surface area contributed by atoms with Crippen LogP contribution in [0, 0.1) is 0 Å². The fourth-order valence-electron chi connectivity index (χ4n) is 6.44. The quantitative estimate of drug-likeness (QED) is 0.0384. The van der Waals surface area contributed by atoms with E-state index < -0.39 is 76.8 Å². The molecule has 0 aliphatic rings. The molecule has 2 rings (SSSR count). The lowest BCUT2D eigenvalue weighted by atomic mass is 10.0. The summed E-state index contributed by atoms with van der Waals surface area (Å²) in [7, 11) is 0. The zero-order valence-corrected chi connectivity index (χ0v) is 40.2. The zero-order valence-electron chi connectivity index (χ0n) is 40.2. The molecule has 366 valence electrons. The fraction of sp³-hybridized carbons (Fsp3) is 0.592. The number of benzene rings is 2. The van der Waals surface area contributed by atoms with Gasteiger partial charge in [-0.05, 0) is 99.1 Å². The standard InChI is InChI=1S/C49H73N5O12/c1-47(2,3)64-41(57)29-27-36(45(62)66-49(7,8)9)54-46(63)53-35(44(61)65-48(4,5)6)26-28-39(55)50-30-20-12-10-11-19-25-40(56)51-37(31-33-21-15-13-16-22-33)42(58)52-38(43(59)60)32-34-23-17-14-18-24-34/h13-18,21-24,35-38H,10-12,19-20,25-32H2,1-9H3,(H,50,55)(H,51,56)(H,52,58)(H,59,60)(H2,53,54,63)/t35-,36-,37-,38-/m0/s1. The Morgan fingerprint density at radius 3 is 1.44 bits per heavy atom. The smallest absolute Gasteiger partial charge is 0.329 e. The summed E-state index contributed by atoms with van der Waals surface area (Å²) < 4.78 is 16.3. The summed E-state index contributed by atoms with van der Waals surface area (Å²) in [6, 6.07) is 12.6. The Morgan fingerprint density at radius 2 is 0.955 bits per heavy atom. The summed E-state index contributed by atoms with van der Waals surface area (Å²) in [5.74, 6) is -4.57. The topological polar surface area (TPSA) is 245 Å². The second-order valence-corrected chi connectivity index (χ2v) is 19.2. The van der Waals surface area contributed by atoms with Crippen molar-refractivity contribution in [3.05, 3.63) is 71.8 Å². The molecule has 0 aliphatic carbocycles. The Hall–Kier alpha value is -6.00. The zero-order chi connectivity index (χ0) is 49.5. The average molecular weight is 924 g/mol. The van der Waals surface area contributed by atoms with Crippen LogP contribution >= 0.6 is 0 Å². The van der Waals surface area contributed by atoms with E-state index >= 15 is 0 Å². The maximum Gasteiger partial charge on any atom is 0.329 e. The van der Waals surface area contributed by atoms with Gasteiger partial charge in [0.1, 0.15) is 41.0 Å². The number of amides is 5. The molecule has 0 radical (unpaired) electrons. The van der Waals surface area contributed by atoms with Gasteiger partial charge in [-0.2, -0.15) is 0 Å². The maximum absolute atomic E-state index is 13.4. The van der Waals surface area contributed by atoms with Crippen LogP contribution < -0.4 is 26.6 Å². The average Bonchev–Trinajstić information content (AvgIpc) is 3.20. The van der Waals surface area contributed by atoms with Crippen LogP contribution in [0.2, 0.25) is 0 Å². The molecule has 0 saturated carbocycles. The van der Waals surface area contributed by atoms with E-state index in [4.69, 9.17) is 14.2 Å². The van der Waals surface area contributed by atoms with E-state index in [0.29, 0.717) is 19.4 Å². The molecule has 0 aromatic heterocycles. The van der Waals surface area contributed by atoms with Gasteiger partial charge in [0, 0.05) is 38.6 Å². The monoisotopic (exact) mass is 924 g/mol. The van der Waals surface area contributed by atoms with Gasteiger partial charge in [0.05, 0.1) is 0 Å². The minimum absolute atomic E-state index is 0.0891. The van der Waals surface area contributed by atoms with E-state index in [0.717, 1.165) is 30.4 Å². The fourth-order valence-corrected chi connectivity index (χ4v) is 6.44. The number of carbonyl (C=O) groups excluding carboxylic acids is 7. The molecule has 6 N–H and O–H groups in total. The molecule has 0 spiro atoms. The number of esters is 3. The van der Waals surface area contributed by atoms with Crippen molar-refractivity contribution in [1.82, 2.24) is 26.6 Å². The van der Waals surface area contributed by atoms with Gasteiger partial charge < -0.3 is 45.9 Å². The normalized spacial score (nSPS) is 13.4. The van der Waals surface area contributed by atoms with Crippen LogP contribution in [0.25, 0.3) is 0 Å². The summed E-state index contributed by atoms with van der Waals surface area (Å²) in [6.45, 7) is 15.5. The number of rotatable bonds is 26. The van der Waals surface area contributed by atoms with Crippen LogP contribution in [0.15, 0.2) is 60.7 Å². The lowest BCUT2D eigenvalue weighted by Crippen LogP contribution is -2.53. The number of urea groups is 1. The van der Waals surface area contributed by atoms with Gasteiger partial charge in [0.15, 0.2) is 0 Å². The van der Waals surface area contributed by atoms with Gasteiger partial charge in [0.2, 0.25) is 17.7 Å². The number of hydrogen-bond donors (Lipinski definition) is 6. The largest absolute Gasteiger partial charge is 0.480 e. The van der Waals surface area contributed by atoms with E-state index in [1.54, 1.807) is 86.6 Å². The van der Waals surface area contributed by atoms with E-state index in [-0.39, 0.29) is 56.8 Å². The highest BCUT2D eigenvalue weighted by molar-refractivity contribution is 5.91. The van der Waals surface area contributed by atoms with Crippen LogP contribution in [-0.2, 0) is 60.6 Å². The van der Waals surface area contributed by atoms with Crippen molar-refractivity contribution in [2.75, 3.05) is 6.54 Å². The molecular formula is C49H73N5O12. The van der Waals surface area contributed by atoms with Crippen LogP contribution in [-0.4, -0.2) is 100 Å². The van der Waals surface area contributed by atoms with Crippen molar-refractivity contribution in [1.29, 1.82) is 0 Å². The van der Waals surface area contributed by atoms with Crippen LogP contribution in [0.5, 0.6) is 0 Å². The molecule has 0 fully saturated rings. The van der Waals surface area contributed by atoms with E-state index in [1.807, 2.05) is 36.4 Å². The Kier molecular flexibility index (Phi) is 23.4. The van der Waals surface area contributed by atoms with Crippen LogP contribution in [0.3, 0.4) is 0 Å². The highest BCUT2D eigenvalue weighted by Crippen LogP contribution is 2.16. The molecule has 0 aliphatic heterocycles. The summed E-state index contributed by atoms with van der Waals surface area (Å²) >= 11 is 0. The summed E-state index contributed by atoms with van der Waals surface area (Å²) in [6.07, 6.45) is 3.35. The molecule has 0 unspecified atom stereocenters. The summed E-state index contributed by atoms with van der Waals surface area (Å²) in [4.78, 5) is 103. The Labute approximate surface area is 389 Å². The molecule has 4 atom stereocenters. The van der Waals surface area contributed by atoms with E-state index in [1.165, 1.54) is 0 Å². The van der Waals surface area contributed by atoms with E-state index in [9.17, 15) is 43.5 Å². The predicted octanol–water partition coefficient (Wildman–Crippen LogP) is 5.60. The first-order valence-electron chi connectivity index (χ1n) is 22.7. The van der Waals surface area contributed by atoms with Crippen molar-refractivity contribution in [2.45, 2.75) is 180 Å². The number of aliphatic carboxylic acids is 1. The molecule has 2 aromatic rings. The predicted molar refractivity (Wildman–Crippen MR) is 248 cm³/mol. The SMILES string of the molecule is CC(C)(C)OC(=O)CC[C@H](NC(=O)N[C@@H](CCC(=O)NCCCCCCCC(=O)N[C@@H](Cc1ccccc1)C(=O)N[C@@H](Cc1ccccc1)C(=O)O)C(=O)OC(C)(C)C)C(=O)OC(C)(C)C. The molecular weight excluding hydrogens is 851 g/mol. The van der Waals surface area contributed by atoms with Gasteiger partial charge >= 0.3 is 29.9 Å². The molecule has 17 nitrogen and oxygen atoms in total. The third-order valence-corrected chi connectivity index (χ3v) is 9.44. The summed E-state index contributed by atoms with van der Waals surface area (Å²) in [5.41, 5.74) is -0.980. The minimum atomic E-state index is -1.25. The van der Waals surface area contributed by atoms with Crippen molar-refractivity contribution in [2.24, 2.45) is 0 Å². The molecule has 66 heavy (non-hydrogen) atoms. The highest BCUT2D eigenvalue weighted by Gasteiger charge is 2.32. The van der Waals surface area contributed by atoms with Crippen LogP contribution in [0.1, 0.15) is 138 Å². The Morgan fingerprint density at radius 1 is 0.500 bits per heavy atom. The number of carbonyl (C=O) groups is 8. The number of carboxylic acids is 1. The lowest BCUT2D eigenvalue weighted by molar-refractivity contribution is -0.159. The highest BCUT2D eigenvalue weighted by atomic mass is 16.6. The third-order valence-electron chi connectivity index (χ3n) is 9.44. The molecule has 0 bridgehead atoms. The van der Waals surface area contributed by atoms with Crippen LogP contribution in [0.4, 0.5) is 4.79 Å². The van der Waals surface area contributed by atoms with Gasteiger partial charge in [-0.1, -0.05) is 79.9 Å². The second-order valence-electron chi connectivity index (χ2n) is 19.2. The van der Waals surface area contributed by atoms with Gasteiger partial charge in [-0.3, -0.25) is 19.2 Å². The number of carboxylic acid groups (broad SMARTS) is 1. The minimum Gasteiger partial charge on any atom is -0.480 e. The van der Waals surface area contributed by atoms with Gasteiger partial charge in [-0.15, -0.1) is 0 Å². The first-order chi connectivity index (χ1) is 30.8. The van der Waals surface area contributed by atoms with Gasteiger partial charge in [0.25, 0.3) is 0 Å². The lowest BCUT2D eigenvalue weighted by Gasteiger charge is -2.27. The summed E-state index contributed by atoms with van der Waals surface area (Å²) in [5, 5.41) is 23.1. The number of nitrogens with one attached hydrogen (secondary N) is 5.